The fourth-order valence-electron chi connectivity index (χ4n) is 4.24. The number of fused-ring (bicyclic) bond motifs is 3. The van der Waals surface area contributed by atoms with E-state index in [9.17, 15) is 9.59 Å². The summed E-state index contributed by atoms with van der Waals surface area (Å²) in [5, 5.41) is 3.16. The molecule has 0 fully saturated rings. The summed E-state index contributed by atoms with van der Waals surface area (Å²) < 4.78 is 36.4. The van der Waals surface area contributed by atoms with Crippen molar-refractivity contribution in [2.45, 2.75) is 33.0 Å². The SMILES string of the molecule is COc1cnc2c(-c3nc4cc(F)c(OC(C)C(C)OC(=O)Nc5ccc6[nH]c(=O)oc6c5)nc4s3)cc(C)cc2n1. The number of thiazole rings is 1. The van der Waals surface area contributed by atoms with Gasteiger partial charge in [-0.2, -0.15) is 4.98 Å². The number of rotatable bonds is 7. The van der Waals surface area contributed by atoms with E-state index in [1.807, 2.05) is 19.1 Å². The lowest BCUT2D eigenvalue weighted by molar-refractivity contribution is 0.0379. The van der Waals surface area contributed by atoms with Crippen LogP contribution >= 0.6 is 11.3 Å². The summed E-state index contributed by atoms with van der Waals surface area (Å²) in [6.07, 6.45) is -0.763. The molecule has 0 radical (unpaired) electrons. The third kappa shape index (κ3) is 5.31. The predicted octanol–water partition coefficient (Wildman–Crippen LogP) is 5.60. The van der Waals surface area contributed by atoms with Crippen LogP contribution in [0.1, 0.15) is 19.4 Å². The molecule has 2 atom stereocenters. The van der Waals surface area contributed by atoms with Crippen LogP contribution in [0.2, 0.25) is 0 Å². The molecule has 42 heavy (non-hydrogen) atoms. The summed E-state index contributed by atoms with van der Waals surface area (Å²) in [5.74, 6) is -1.15. The number of amides is 1. The predicted molar refractivity (Wildman–Crippen MR) is 154 cm³/mol. The number of halogens is 1. The van der Waals surface area contributed by atoms with Crippen LogP contribution in [0.15, 0.2) is 51.8 Å². The molecule has 0 bridgehead atoms. The normalized spacial score (nSPS) is 12.9. The smallest absolute Gasteiger partial charge is 0.417 e. The van der Waals surface area contributed by atoms with E-state index in [1.54, 1.807) is 26.0 Å². The van der Waals surface area contributed by atoms with Crippen molar-refractivity contribution < 1.29 is 27.8 Å². The Labute approximate surface area is 240 Å². The zero-order valence-electron chi connectivity index (χ0n) is 22.7. The van der Waals surface area contributed by atoms with Gasteiger partial charge in [0.25, 0.3) is 5.88 Å². The van der Waals surface area contributed by atoms with Gasteiger partial charge in [0.15, 0.2) is 11.4 Å². The molecule has 14 heteroatoms. The van der Waals surface area contributed by atoms with E-state index >= 15 is 4.39 Å². The lowest BCUT2D eigenvalue weighted by atomic mass is 10.1. The van der Waals surface area contributed by atoms with Crippen molar-refractivity contribution in [2.75, 3.05) is 12.4 Å². The minimum absolute atomic E-state index is 0.243. The van der Waals surface area contributed by atoms with Crippen LogP contribution in [0.5, 0.6) is 11.8 Å². The van der Waals surface area contributed by atoms with Crippen molar-refractivity contribution in [3.63, 3.8) is 0 Å². The minimum Gasteiger partial charge on any atom is -0.480 e. The van der Waals surface area contributed by atoms with E-state index in [4.69, 9.17) is 18.6 Å². The van der Waals surface area contributed by atoms with Gasteiger partial charge in [0.1, 0.15) is 27.6 Å². The molecular formula is C28H23FN6O6S. The molecule has 2 unspecified atom stereocenters. The number of aromatic amines is 1. The van der Waals surface area contributed by atoms with E-state index in [0.29, 0.717) is 43.5 Å². The molecule has 214 valence electrons. The number of hydrogen-bond donors (Lipinski definition) is 2. The number of ether oxygens (including phenoxy) is 3. The highest BCUT2D eigenvalue weighted by molar-refractivity contribution is 7.21. The average Bonchev–Trinajstić information content (AvgIpc) is 3.53. The zero-order chi connectivity index (χ0) is 29.5. The molecule has 6 rings (SSSR count). The highest BCUT2D eigenvalue weighted by atomic mass is 32.1. The second-order valence-electron chi connectivity index (χ2n) is 9.50. The second kappa shape index (κ2) is 10.7. The van der Waals surface area contributed by atoms with Gasteiger partial charge < -0.3 is 18.6 Å². The number of nitrogens with zero attached hydrogens (tertiary/aromatic N) is 4. The van der Waals surface area contributed by atoms with E-state index < -0.39 is 29.9 Å². The summed E-state index contributed by atoms with van der Waals surface area (Å²) in [7, 11) is 1.52. The highest BCUT2D eigenvalue weighted by Gasteiger charge is 2.23. The van der Waals surface area contributed by atoms with Crippen LogP contribution in [0.25, 0.3) is 43.1 Å². The first kappa shape index (κ1) is 27.1. The van der Waals surface area contributed by atoms with E-state index in [0.717, 1.165) is 11.1 Å². The third-order valence-corrected chi connectivity index (χ3v) is 7.43. The molecule has 0 spiro atoms. The van der Waals surface area contributed by atoms with Crippen molar-refractivity contribution in [2.24, 2.45) is 0 Å². The summed E-state index contributed by atoms with van der Waals surface area (Å²) in [6, 6.07) is 9.75. The van der Waals surface area contributed by atoms with Gasteiger partial charge in [0, 0.05) is 23.4 Å². The van der Waals surface area contributed by atoms with Crippen molar-refractivity contribution in [3.8, 4) is 22.3 Å². The van der Waals surface area contributed by atoms with Crippen LogP contribution in [-0.2, 0) is 4.74 Å². The van der Waals surface area contributed by atoms with Gasteiger partial charge in [0.2, 0.25) is 5.88 Å². The summed E-state index contributed by atoms with van der Waals surface area (Å²) in [6.45, 7) is 5.18. The fraction of sp³-hybridized carbons (Fsp3) is 0.214. The molecule has 12 nitrogen and oxygen atoms in total. The number of pyridine rings is 1. The number of aromatic nitrogens is 5. The molecule has 2 aromatic carbocycles. The fourth-order valence-corrected chi connectivity index (χ4v) is 5.17. The van der Waals surface area contributed by atoms with Crippen LogP contribution in [-0.4, -0.2) is 50.3 Å². The van der Waals surface area contributed by atoms with Crippen LogP contribution in [0.4, 0.5) is 14.9 Å². The number of carbonyl (C=O) groups excluding carboxylic acids is 1. The molecule has 1 amide bonds. The van der Waals surface area contributed by atoms with Gasteiger partial charge in [-0.05, 0) is 50.6 Å². The first-order valence-electron chi connectivity index (χ1n) is 12.7. The van der Waals surface area contributed by atoms with Crippen molar-refractivity contribution in [1.29, 1.82) is 0 Å². The number of hydrogen-bond acceptors (Lipinski definition) is 11. The van der Waals surface area contributed by atoms with Crippen molar-refractivity contribution >= 4 is 55.6 Å². The number of H-pyrrole nitrogens is 1. The van der Waals surface area contributed by atoms with Crippen LogP contribution in [0, 0.1) is 12.7 Å². The van der Waals surface area contributed by atoms with Gasteiger partial charge >= 0.3 is 11.8 Å². The molecule has 4 heterocycles. The lowest BCUT2D eigenvalue weighted by Gasteiger charge is -2.21. The Balaban J connectivity index is 1.18. The van der Waals surface area contributed by atoms with Crippen LogP contribution < -0.4 is 20.5 Å². The molecule has 0 aliphatic heterocycles. The number of methoxy groups -OCH3 is 1. The largest absolute Gasteiger partial charge is 0.480 e. The lowest BCUT2D eigenvalue weighted by Crippen LogP contribution is -2.33. The molecule has 6 aromatic rings. The number of anilines is 1. The average molecular weight is 591 g/mol. The zero-order valence-corrected chi connectivity index (χ0v) is 23.5. The topological polar surface area (TPSA) is 154 Å². The Hall–Kier alpha value is -5.11. The van der Waals surface area contributed by atoms with Gasteiger partial charge in [-0.3, -0.25) is 10.3 Å². The van der Waals surface area contributed by atoms with Gasteiger partial charge in [0.05, 0.1) is 29.9 Å². The Morgan fingerprint density at radius 2 is 1.93 bits per heavy atom. The monoisotopic (exact) mass is 590 g/mol. The summed E-state index contributed by atoms with van der Waals surface area (Å²) in [4.78, 5) is 44.7. The Morgan fingerprint density at radius 3 is 2.74 bits per heavy atom. The molecule has 0 aliphatic carbocycles. The summed E-state index contributed by atoms with van der Waals surface area (Å²) in [5.41, 5.74) is 4.48. The minimum atomic E-state index is -0.776. The third-order valence-electron chi connectivity index (χ3n) is 6.43. The van der Waals surface area contributed by atoms with Crippen molar-refractivity contribution in [1.82, 2.24) is 24.9 Å². The van der Waals surface area contributed by atoms with Gasteiger partial charge in [-0.25, -0.2) is 28.9 Å². The van der Waals surface area contributed by atoms with E-state index in [2.05, 4.69) is 30.2 Å². The quantitative estimate of drug-likeness (QED) is 0.240. The highest BCUT2D eigenvalue weighted by Crippen LogP contribution is 2.35. The maximum atomic E-state index is 15.0. The first-order valence-corrected chi connectivity index (χ1v) is 13.5. The maximum absolute atomic E-state index is 15.0. The molecule has 4 aromatic heterocycles. The molecule has 0 aliphatic rings. The summed E-state index contributed by atoms with van der Waals surface area (Å²) >= 11 is 1.26. The maximum Gasteiger partial charge on any atom is 0.417 e. The van der Waals surface area contributed by atoms with Gasteiger partial charge in [-0.1, -0.05) is 11.3 Å². The number of aryl methyl sites for hydroxylation is 1. The number of oxazole rings is 1. The Morgan fingerprint density at radius 1 is 1.10 bits per heavy atom. The molecule has 0 saturated heterocycles. The number of nitrogens with one attached hydrogen (secondary N) is 2. The van der Waals surface area contributed by atoms with E-state index in [1.165, 1.54) is 36.8 Å². The second-order valence-corrected chi connectivity index (χ2v) is 10.5. The molecule has 0 saturated carbocycles. The molecule has 2 N–H and O–H groups in total. The standard InChI is InChI=1S/C28H23FN6O6S/c1-12-7-16(23-19(8-12)32-22(38-4)11-30-23)25-33-20-10-17(29)24(35-26(20)42-25)39-13(2)14(3)40-27(36)31-15-5-6-18-21(9-15)41-28(37)34-18/h5-11,13-14H,1-4H3,(H,31,36)(H,34,37). The Bertz CT molecular complexity index is 2040. The van der Waals surface area contributed by atoms with Crippen molar-refractivity contribution in [3.05, 3.63) is 64.5 Å². The van der Waals surface area contributed by atoms with Crippen LogP contribution in [0.3, 0.4) is 0 Å². The number of carbonyl (C=O) groups is 1. The molecular weight excluding hydrogens is 567 g/mol. The number of benzene rings is 2. The Kier molecular flexibility index (Phi) is 6.90. The van der Waals surface area contributed by atoms with Gasteiger partial charge in [-0.15, -0.1) is 0 Å². The van der Waals surface area contributed by atoms with E-state index in [-0.39, 0.29) is 11.5 Å². The first-order chi connectivity index (χ1) is 20.2.